The van der Waals surface area contributed by atoms with E-state index in [0.29, 0.717) is 43.8 Å². The van der Waals surface area contributed by atoms with Crippen LogP contribution >= 0.6 is 0 Å². The number of nitrogens with one attached hydrogen (secondary N) is 2. The van der Waals surface area contributed by atoms with Crippen LogP contribution in [0.3, 0.4) is 0 Å². The number of carbonyl (C=O) groups is 3. The summed E-state index contributed by atoms with van der Waals surface area (Å²) >= 11 is 0. The molecule has 3 aliphatic rings. The van der Waals surface area contributed by atoms with Crippen LogP contribution in [0.4, 0.5) is 38.4 Å². The topological polar surface area (TPSA) is 133 Å². The van der Waals surface area contributed by atoms with Gasteiger partial charge in [0.1, 0.15) is 17.5 Å². The van der Waals surface area contributed by atoms with Crippen molar-refractivity contribution in [1.29, 1.82) is 0 Å². The summed E-state index contributed by atoms with van der Waals surface area (Å²) in [5.74, 6) is 4.70. The van der Waals surface area contributed by atoms with E-state index in [1.54, 1.807) is 0 Å². The molecule has 9 rings (SSSR count). The maximum Gasteiger partial charge on any atom is 0.321 e. The van der Waals surface area contributed by atoms with Crippen LogP contribution in [-0.4, -0.2) is 126 Å². The number of rotatable bonds is 10. The molecule has 5 amide bonds. The molecule has 0 unspecified atom stereocenters. The summed E-state index contributed by atoms with van der Waals surface area (Å²) in [7, 11) is 0. The highest BCUT2D eigenvalue weighted by molar-refractivity contribution is 5.90. The van der Waals surface area contributed by atoms with Gasteiger partial charge in [-0.2, -0.15) is 0 Å². The van der Waals surface area contributed by atoms with E-state index in [1.165, 1.54) is 22.3 Å². The summed E-state index contributed by atoms with van der Waals surface area (Å²) in [6.45, 7) is 28.5. The molecule has 14 nitrogen and oxygen atoms in total. The van der Waals surface area contributed by atoms with Crippen molar-refractivity contribution in [2.24, 2.45) is 0 Å². The summed E-state index contributed by atoms with van der Waals surface area (Å²) in [6, 6.07) is 37.0. The average molecular weight is 1040 g/mol. The predicted octanol–water partition coefficient (Wildman–Crippen LogP) is 12.2. The van der Waals surface area contributed by atoms with Crippen molar-refractivity contribution in [3.63, 3.8) is 0 Å². The number of carbonyl (C=O) groups excluding carboxylic acids is 3. The van der Waals surface area contributed by atoms with Crippen molar-refractivity contribution in [2.75, 3.05) is 104 Å². The van der Waals surface area contributed by atoms with Crippen LogP contribution in [0.1, 0.15) is 112 Å². The number of urea groups is 2. The van der Waals surface area contributed by atoms with Crippen LogP contribution < -0.4 is 25.3 Å². The van der Waals surface area contributed by atoms with E-state index in [-0.39, 0.29) is 25.4 Å². The molecule has 3 aromatic heterocycles. The van der Waals surface area contributed by atoms with Crippen molar-refractivity contribution >= 4 is 46.8 Å². The zero-order chi connectivity index (χ0) is 54.1. The Morgan fingerprint density at radius 2 is 0.740 bits per heavy atom. The third kappa shape index (κ3) is 17.5. The van der Waals surface area contributed by atoms with E-state index < -0.39 is 0 Å². The highest BCUT2D eigenvalue weighted by atomic mass is 16.2. The monoisotopic (exact) mass is 1040 g/mol. The second-order valence-electron chi connectivity index (χ2n) is 21.2. The number of benzene rings is 3. The molecule has 77 heavy (non-hydrogen) atoms. The van der Waals surface area contributed by atoms with Gasteiger partial charge in [0.15, 0.2) is 0 Å². The van der Waals surface area contributed by atoms with Crippen molar-refractivity contribution in [3.8, 4) is 0 Å². The lowest BCUT2D eigenvalue weighted by Crippen LogP contribution is -2.50. The molecule has 6 aromatic rings. The molecule has 0 aliphatic carbocycles. The van der Waals surface area contributed by atoms with Crippen LogP contribution in [0.25, 0.3) is 0 Å². The largest absolute Gasteiger partial charge is 0.355 e. The van der Waals surface area contributed by atoms with Gasteiger partial charge in [0.05, 0.1) is 6.42 Å². The van der Waals surface area contributed by atoms with E-state index in [1.807, 2.05) is 84.4 Å². The SMILES string of the molecule is C.Cc1ccc(N2CCCN(C(=O)Nc3ccc(C(C)C)cc3)CC2)nc1.Cc1ccc(N2CCN(C(=O)Cc3ccc(C(C)C)cc3)CC2)nc1.Cc1ccc(N2CCN(C(=O)Nc3ccc(C(C)C)cc3)CC2)nc1. The Labute approximate surface area is 459 Å². The molecular formula is C63H85N11O3. The molecular weight excluding hydrogens is 959 g/mol. The maximum absolute atomic E-state index is 12.6. The Morgan fingerprint density at radius 1 is 0.416 bits per heavy atom. The number of amides is 5. The summed E-state index contributed by atoms with van der Waals surface area (Å²) < 4.78 is 0. The molecule has 0 saturated carbocycles. The molecule has 3 aromatic carbocycles. The van der Waals surface area contributed by atoms with Crippen LogP contribution in [0.5, 0.6) is 0 Å². The minimum atomic E-state index is -0.0335. The molecule has 14 heteroatoms. The molecule has 0 radical (unpaired) electrons. The number of pyridine rings is 3. The van der Waals surface area contributed by atoms with Crippen molar-refractivity contribution < 1.29 is 14.4 Å². The number of anilines is 5. The number of aromatic nitrogens is 3. The van der Waals surface area contributed by atoms with Gasteiger partial charge in [-0.25, -0.2) is 24.5 Å². The molecule has 410 valence electrons. The van der Waals surface area contributed by atoms with Crippen molar-refractivity contribution in [2.45, 2.75) is 100 Å². The number of nitrogens with zero attached hydrogens (tertiary/aromatic N) is 9. The molecule has 0 bridgehead atoms. The van der Waals surface area contributed by atoms with Gasteiger partial charge in [-0.3, -0.25) is 4.79 Å². The summed E-state index contributed by atoms with van der Waals surface area (Å²) in [5, 5.41) is 6.01. The molecule has 2 N–H and O–H groups in total. The number of hydrogen-bond donors (Lipinski definition) is 2. The van der Waals surface area contributed by atoms with Crippen molar-refractivity contribution in [1.82, 2.24) is 29.7 Å². The summed E-state index contributed by atoms with van der Waals surface area (Å²) in [6.07, 6.45) is 7.10. The quantitative estimate of drug-likeness (QED) is 0.138. The fraction of sp³-hybridized carbons (Fsp3) is 0.429. The molecule has 0 spiro atoms. The van der Waals surface area contributed by atoms with Gasteiger partial charge < -0.3 is 40.0 Å². The van der Waals surface area contributed by atoms with Gasteiger partial charge in [-0.05, 0) is 126 Å². The molecule has 3 saturated heterocycles. The smallest absolute Gasteiger partial charge is 0.321 e. The maximum atomic E-state index is 12.6. The van der Waals surface area contributed by atoms with Crippen LogP contribution in [0, 0.1) is 20.8 Å². The van der Waals surface area contributed by atoms with Crippen LogP contribution in [0.15, 0.2) is 128 Å². The standard InChI is InChI=1S/C21H28N4O.C21H27N3O.C20H26N4O.CH4/c1-16(2)18-6-8-19(9-7-18)23-21(26)25-12-4-11-24(13-14-25)20-10-5-17(3)15-22-20;1-16(2)19-7-5-18(6-8-19)14-21(25)24-12-10-23(11-13-24)20-9-4-17(3)15-22-20;1-15(2)17-5-7-18(8-6-17)22-20(25)24-12-10-23(11-13-24)19-9-4-16(3)14-21-19;/h5-10,15-16H,4,11-14H2,1-3H3,(H,23,26);4-9,15-16H,10-14H2,1-3H3;4-9,14-15H,10-13H2,1-3H3,(H,22,25);1H4. The lowest BCUT2D eigenvalue weighted by molar-refractivity contribution is -0.130. The summed E-state index contributed by atoms with van der Waals surface area (Å²) in [5.41, 5.74) is 10.1. The van der Waals surface area contributed by atoms with Gasteiger partial charge in [0.2, 0.25) is 5.91 Å². The first-order chi connectivity index (χ1) is 36.6. The normalized spacial score (nSPS) is 14.7. The number of piperazine rings is 2. The lowest BCUT2D eigenvalue weighted by atomic mass is 10.0. The van der Waals surface area contributed by atoms with Gasteiger partial charge in [-0.15, -0.1) is 0 Å². The third-order valence-electron chi connectivity index (χ3n) is 14.3. The van der Waals surface area contributed by atoms with Gasteiger partial charge in [0, 0.05) is 109 Å². The second-order valence-corrected chi connectivity index (χ2v) is 21.2. The first-order valence-electron chi connectivity index (χ1n) is 27.3. The fourth-order valence-corrected chi connectivity index (χ4v) is 9.23. The minimum Gasteiger partial charge on any atom is -0.355 e. The van der Waals surface area contributed by atoms with E-state index in [4.69, 9.17) is 0 Å². The molecule has 6 heterocycles. The van der Waals surface area contributed by atoms with Gasteiger partial charge in [-0.1, -0.05) is 116 Å². The summed E-state index contributed by atoms with van der Waals surface area (Å²) in [4.78, 5) is 63.5. The Hall–Kier alpha value is -7.48. The first-order valence-corrected chi connectivity index (χ1v) is 27.3. The van der Waals surface area contributed by atoms with E-state index in [9.17, 15) is 14.4 Å². The Balaban J connectivity index is 0.000000186. The first kappa shape index (κ1) is 58.8. The highest BCUT2D eigenvalue weighted by Gasteiger charge is 2.24. The minimum absolute atomic E-state index is 0. The molecule has 3 fully saturated rings. The van der Waals surface area contributed by atoms with E-state index >= 15 is 0 Å². The number of aryl methyl sites for hydroxylation is 3. The Kier molecular flexibility index (Phi) is 21.8. The Bertz CT molecular complexity index is 2610. The zero-order valence-corrected chi connectivity index (χ0v) is 46.5. The molecule has 0 atom stereocenters. The zero-order valence-electron chi connectivity index (χ0n) is 46.5. The number of hydrogen-bond acceptors (Lipinski definition) is 9. The predicted molar refractivity (Wildman–Crippen MR) is 318 cm³/mol. The van der Waals surface area contributed by atoms with E-state index in [2.05, 4.69) is 161 Å². The lowest BCUT2D eigenvalue weighted by Gasteiger charge is -2.35. The van der Waals surface area contributed by atoms with E-state index in [0.717, 1.165) is 111 Å². The van der Waals surface area contributed by atoms with Crippen LogP contribution in [-0.2, 0) is 11.2 Å². The van der Waals surface area contributed by atoms with Gasteiger partial charge >= 0.3 is 12.1 Å². The molecule has 3 aliphatic heterocycles. The van der Waals surface area contributed by atoms with Crippen molar-refractivity contribution in [3.05, 3.63) is 167 Å². The Morgan fingerprint density at radius 3 is 1.08 bits per heavy atom. The third-order valence-corrected chi connectivity index (χ3v) is 14.3. The average Bonchev–Trinajstić information content (AvgIpc) is 3.70. The fourth-order valence-electron chi connectivity index (χ4n) is 9.23. The second kappa shape index (κ2) is 28.6. The highest BCUT2D eigenvalue weighted by Crippen LogP contribution is 2.22. The van der Waals surface area contributed by atoms with Gasteiger partial charge in [0.25, 0.3) is 0 Å². The van der Waals surface area contributed by atoms with Crippen LogP contribution in [0.2, 0.25) is 0 Å².